The third-order valence-electron chi connectivity index (χ3n) is 3.24. The maximum Gasteiger partial charge on any atom is 0.306 e. The summed E-state index contributed by atoms with van der Waals surface area (Å²) in [4.78, 5) is 10.9. The molecule has 0 saturated heterocycles. The van der Waals surface area contributed by atoms with Gasteiger partial charge in [-0.3, -0.25) is 4.79 Å². The Morgan fingerprint density at radius 3 is 2.55 bits per heavy atom. The lowest BCUT2D eigenvalue weighted by Gasteiger charge is -2.14. The van der Waals surface area contributed by atoms with Crippen LogP contribution in [-0.4, -0.2) is 29.9 Å². The highest BCUT2D eigenvalue weighted by atomic mass is 16.5. The monoisotopic (exact) mass is 282 g/mol. The van der Waals surface area contributed by atoms with Gasteiger partial charge in [0.25, 0.3) is 0 Å². The first-order valence-corrected chi connectivity index (χ1v) is 6.71. The highest BCUT2D eigenvalue weighted by Crippen LogP contribution is 2.30. The van der Waals surface area contributed by atoms with Gasteiger partial charge in [0.2, 0.25) is 0 Å². The molecule has 2 N–H and O–H groups in total. The first-order chi connectivity index (χ1) is 9.49. The Labute approximate surface area is 119 Å². The first kappa shape index (κ1) is 16.3. The van der Waals surface area contributed by atoms with Gasteiger partial charge in [-0.2, -0.15) is 0 Å². The van der Waals surface area contributed by atoms with E-state index in [0.29, 0.717) is 30.9 Å². The molecule has 0 aliphatic carbocycles. The number of rotatable bonds is 8. The number of carbonyl (C=O) groups is 1. The van der Waals surface area contributed by atoms with Crippen LogP contribution in [0.1, 0.15) is 38.4 Å². The van der Waals surface area contributed by atoms with Crippen molar-refractivity contribution in [3.05, 3.63) is 23.8 Å². The van der Waals surface area contributed by atoms with E-state index in [1.807, 2.05) is 6.92 Å². The minimum Gasteiger partial charge on any atom is -0.493 e. The third-order valence-corrected chi connectivity index (χ3v) is 3.24. The van der Waals surface area contributed by atoms with Gasteiger partial charge in [0.05, 0.1) is 25.7 Å². The van der Waals surface area contributed by atoms with Gasteiger partial charge in [-0.15, -0.1) is 0 Å². The zero-order valence-corrected chi connectivity index (χ0v) is 12.1. The van der Waals surface area contributed by atoms with Crippen LogP contribution >= 0.6 is 0 Å². The molecule has 1 aromatic rings. The number of methoxy groups -OCH3 is 1. The second kappa shape index (κ2) is 7.75. The molecule has 20 heavy (non-hydrogen) atoms. The highest BCUT2D eigenvalue weighted by molar-refractivity contribution is 5.69. The number of aliphatic hydroxyl groups is 1. The van der Waals surface area contributed by atoms with E-state index in [1.54, 1.807) is 25.1 Å². The van der Waals surface area contributed by atoms with Gasteiger partial charge in [0.1, 0.15) is 0 Å². The molecule has 0 amide bonds. The fourth-order valence-electron chi connectivity index (χ4n) is 1.88. The second-order valence-electron chi connectivity index (χ2n) is 4.67. The van der Waals surface area contributed by atoms with Crippen molar-refractivity contribution >= 4 is 5.97 Å². The summed E-state index contributed by atoms with van der Waals surface area (Å²) in [6.45, 7) is 3.83. The molecule has 0 heterocycles. The molecule has 0 bridgehead atoms. The molecule has 0 aliphatic heterocycles. The molecule has 0 aromatic heterocycles. The Balaban J connectivity index is 2.66. The maximum atomic E-state index is 10.9. The lowest BCUT2D eigenvalue weighted by atomic mass is 10.0. The summed E-state index contributed by atoms with van der Waals surface area (Å²) in [6, 6.07) is 5.20. The molecule has 0 spiro atoms. The number of aliphatic carboxylic acids is 1. The summed E-state index contributed by atoms with van der Waals surface area (Å²) < 4.78 is 10.8. The van der Waals surface area contributed by atoms with Crippen LogP contribution in [0.2, 0.25) is 0 Å². The van der Waals surface area contributed by atoms with Crippen LogP contribution in [0, 0.1) is 5.92 Å². The number of hydrogen-bond donors (Lipinski definition) is 2. The van der Waals surface area contributed by atoms with Crippen molar-refractivity contribution in [3.8, 4) is 11.5 Å². The average molecular weight is 282 g/mol. The van der Waals surface area contributed by atoms with E-state index in [4.69, 9.17) is 14.6 Å². The normalized spacial score (nSPS) is 13.6. The Bertz CT molecular complexity index is 442. The molecule has 0 saturated carbocycles. The van der Waals surface area contributed by atoms with Crippen LogP contribution in [0.25, 0.3) is 0 Å². The van der Waals surface area contributed by atoms with Gasteiger partial charge in [-0.05, 0) is 37.5 Å². The highest BCUT2D eigenvalue weighted by Gasteiger charge is 2.15. The van der Waals surface area contributed by atoms with Crippen molar-refractivity contribution in [3.63, 3.8) is 0 Å². The SMILES string of the molecule is CCC(CCOc1ccc(C(C)O)cc1OC)C(=O)O. The number of ether oxygens (including phenoxy) is 2. The van der Waals surface area contributed by atoms with Crippen LogP contribution < -0.4 is 9.47 Å². The van der Waals surface area contributed by atoms with Crippen molar-refractivity contribution in [1.29, 1.82) is 0 Å². The van der Waals surface area contributed by atoms with E-state index in [9.17, 15) is 9.90 Å². The van der Waals surface area contributed by atoms with Crippen molar-refractivity contribution in [2.24, 2.45) is 5.92 Å². The van der Waals surface area contributed by atoms with Crippen LogP contribution in [-0.2, 0) is 4.79 Å². The fraction of sp³-hybridized carbons (Fsp3) is 0.533. The minimum atomic E-state index is -0.799. The lowest BCUT2D eigenvalue weighted by Crippen LogP contribution is -2.16. The molecular weight excluding hydrogens is 260 g/mol. The molecular formula is C15H22O5. The first-order valence-electron chi connectivity index (χ1n) is 6.71. The molecule has 5 nitrogen and oxygen atoms in total. The number of aliphatic hydroxyl groups excluding tert-OH is 1. The number of carboxylic acid groups (broad SMARTS) is 1. The van der Waals surface area contributed by atoms with E-state index in [0.717, 1.165) is 5.56 Å². The topological polar surface area (TPSA) is 76.0 Å². The van der Waals surface area contributed by atoms with Crippen molar-refractivity contribution in [1.82, 2.24) is 0 Å². The number of benzene rings is 1. The van der Waals surface area contributed by atoms with Crippen LogP contribution in [0.4, 0.5) is 0 Å². The summed E-state index contributed by atoms with van der Waals surface area (Å²) in [7, 11) is 1.53. The molecule has 2 unspecified atom stereocenters. The summed E-state index contributed by atoms with van der Waals surface area (Å²) in [5, 5.41) is 18.5. The number of hydrogen-bond acceptors (Lipinski definition) is 4. The largest absolute Gasteiger partial charge is 0.493 e. The molecule has 1 aromatic carbocycles. The van der Waals surface area contributed by atoms with Crippen molar-refractivity contribution in [2.45, 2.75) is 32.8 Å². The van der Waals surface area contributed by atoms with Gasteiger partial charge < -0.3 is 19.7 Å². The van der Waals surface area contributed by atoms with Crippen LogP contribution in [0.15, 0.2) is 18.2 Å². The third kappa shape index (κ3) is 4.42. The molecule has 0 radical (unpaired) electrons. The zero-order valence-electron chi connectivity index (χ0n) is 12.1. The van der Waals surface area contributed by atoms with E-state index < -0.39 is 18.0 Å². The average Bonchev–Trinajstić information content (AvgIpc) is 2.43. The summed E-state index contributed by atoms with van der Waals surface area (Å²) in [5.74, 6) is -0.103. The molecule has 112 valence electrons. The summed E-state index contributed by atoms with van der Waals surface area (Å²) >= 11 is 0. The van der Waals surface area contributed by atoms with Crippen molar-refractivity contribution in [2.75, 3.05) is 13.7 Å². The smallest absolute Gasteiger partial charge is 0.306 e. The van der Waals surface area contributed by atoms with E-state index >= 15 is 0 Å². The Kier molecular flexibility index (Phi) is 6.31. The molecule has 0 aliphatic rings. The van der Waals surface area contributed by atoms with Gasteiger partial charge in [0, 0.05) is 0 Å². The van der Waals surface area contributed by atoms with Crippen molar-refractivity contribution < 1.29 is 24.5 Å². The van der Waals surface area contributed by atoms with E-state index in [2.05, 4.69) is 0 Å². The summed E-state index contributed by atoms with van der Waals surface area (Å²) in [6.07, 6.45) is 0.457. The standard InChI is InChI=1S/C15H22O5/c1-4-11(15(17)18)7-8-20-13-6-5-12(10(2)16)9-14(13)19-3/h5-6,9-11,16H,4,7-8H2,1-3H3,(H,17,18). The fourth-order valence-corrected chi connectivity index (χ4v) is 1.88. The van der Waals surface area contributed by atoms with Crippen LogP contribution in [0.3, 0.4) is 0 Å². The van der Waals surface area contributed by atoms with Gasteiger partial charge in [-0.25, -0.2) is 0 Å². The second-order valence-corrected chi connectivity index (χ2v) is 4.67. The minimum absolute atomic E-state index is 0.315. The zero-order chi connectivity index (χ0) is 15.1. The number of carboxylic acids is 1. The van der Waals surface area contributed by atoms with Crippen LogP contribution in [0.5, 0.6) is 11.5 Å². The van der Waals surface area contributed by atoms with Gasteiger partial charge >= 0.3 is 5.97 Å². The molecule has 0 fully saturated rings. The Hall–Kier alpha value is -1.75. The molecule has 5 heteroatoms. The Morgan fingerprint density at radius 1 is 1.35 bits per heavy atom. The Morgan fingerprint density at radius 2 is 2.05 bits per heavy atom. The summed E-state index contributed by atoms with van der Waals surface area (Å²) in [5.41, 5.74) is 0.742. The predicted octanol–water partition coefficient (Wildman–Crippen LogP) is 2.63. The molecule has 2 atom stereocenters. The van der Waals surface area contributed by atoms with Gasteiger partial charge in [-0.1, -0.05) is 13.0 Å². The molecule has 1 rings (SSSR count). The van der Waals surface area contributed by atoms with Gasteiger partial charge in [0.15, 0.2) is 11.5 Å². The quantitative estimate of drug-likeness (QED) is 0.766. The lowest BCUT2D eigenvalue weighted by molar-refractivity contribution is -0.142. The predicted molar refractivity (Wildman–Crippen MR) is 75.2 cm³/mol. The maximum absolute atomic E-state index is 10.9. The van der Waals surface area contributed by atoms with E-state index in [1.165, 1.54) is 7.11 Å². The van der Waals surface area contributed by atoms with E-state index in [-0.39, 0.29) is 0 Å².